The van der Waals surface area contributed by atoms with Gasteiger partial charge < -0.3 is 15.7 Å². The van der Waals surface area contributed by atoms with Crippen LogP contribution in [0, 0.1) is 0 Å². The number of phenols is 1. The lowest BCUT2D eigenvalue weighted by Crippen LogP contribution is -2.42. The largest absolute Gasteiger partial charge is 0.508 e. The molecule has 0 heterocycles. The number of nitrogens with one attached hydrogen (secondary N) is 2. The molecule has 0 saturated carbocycles. The van der Waals surface area contributed by atoms with Gasteiger partial charge in [-0.15, -0.1) is 24.0 Å². The number of guanidine groups is 1. The Morgan fingerprint density at radius 2 is 1.91 bits per heavy atom. The van der Waals surface area contributed by atoms with Crippen molar-refractivity contribution in [3.05, 3.63) is 29.8 Å². The molecule has 23 heavy (non-hydrogen) atoms. The average Bonchev–Trinajstić information content (AvgIpc) is 2.44. The molecule has 0 aliphatic carbocycles. The number of hydrogen-bond acceptors (Lipinski definition) is 4. The Hall–Kier alpha value is -1.03. The van der Waals surface area contributed by atoms with Crippen LogP contribution in [0.1, 0.15) is 25.8 Å². The van der Waals surface area contributed by atoms with E-state index in [0.717, 1.165) is 12.1 Å². The van der Waals surface area contributed by atoms with Crippen molar-refractivity contribution < 1.29 is 13.5 Å². The fourth-order valence-electron chi connectivity index (χ4n) is 1.79. The monoisotopic (exact) mass is 455 g/mol. The molecule has 0 aliphatic rings. The van der Waals surface area contributed by atoms with E-state index in [9.17, 15) is 13.5 Å². The molecule has 1 aromatic rings. The van der Waals surface area contributed by atoms with E-state index in [0.29, 0.717) is 18.9 Å². The lowest BCUT2D eigenvalue weighted by Gasteiger charge is -2.17. The van der Waals surface area contributed by atoms with Gasteiger partial charge in [0.05, 0.1) is 12.3 Å². The number of aliphatic imine (C=N–C) groups is 1. The van der Waals surface area contributed by atoms with Gasteiger partial charge in [0.1, 0.15) is 15.6 Å². The fourth-order valence-corrected chi connectivity index (χ4v) is 2.57. The predicted octanol–water partition coefficient (Wildman–Crippen LogP) is 1.89. The van der Waals surface area contributed by atoms with Gasteiger partial charge in [0, 0.05) is 18.8 Å². The molecule has 1 aromatic carbocycles. The van der Waals surface area contributed by atoms with Gasteiger partial charge in [-0.25, -0.2) is 13.4 Å². The molecule has 0 amide bonds. The minimum atomic E-state index is -2.95. The van der Waals surface area contributed by atoms with E-state index in [1.807, 2.05) is 26.0 Å². The predicted molar refractivity (Wildman–Crippen MR) is 105 cm³/mol. The van der Waals surface area contributed by atoms with Crippen LogP contribution in [0.15, 0.2) is 29.3 Å². The summed E-state index contributed by atoms with van der Waals surface area (Å²) in [6.45, 7) is 5.10. The second kappa shape index (κ2) is 10.7. The summed E-state index contributed by atoms with van der Waals surface area (Å²) in [5.41, 5.74) is 0.985. The Balaban J connectivity index is 0.00000484. The number of nitrogens with zero attached hydrogens (tertiary/aromatic N) is 1. The van der Waals surface area contributed by atoms with Crippen LogP contribution >= 0.6 is 24.0 Å². The van der Waals surface area contributed by atoms with E-state index in [1.54, 1.807) is 12.1 Å². The highest BCUT2D eigenvalue weighted by Crippen LogP contribution is 2.10. The Morgan fingerprint density at radius 3 is 2.43 bits per heavy atom. The number of sulfone groups is 1. The minimum Gasteiger partial charge on any atom is -0.508 e. The maximum absolute atomic E-state index is 11.2. The third-order valence-corrected chi connectivity index (χ3v) is 3.98. The third kappa shape index (κ3) is 10.4. The van der Waals surface area contributed by atoms with Crippen LogP contribution in [0.5, 0.6) is 5.75 Å². The van der Waals surface area contributed by atoms with E-state index < -0.39 is 9.84 Å². The molecule has 8 heteroatoms. The molecular formula is C15H26IN3O3S. The zero-order valence-electron chi connectivity index (χ0n) is 13.7. The number of halogens is 1. The van der Waals surface area contributed by atoms with Crippen molar-refractivity contribution in [3.63, 3.8) is 0 Å². The minimum absolute atomic E-state index is 0. The Labute approximate surface area is 155 Å². The van der Waals surface area contributed by atoms with Crippen LogP contribution in [0.3, 0.4) is 0 Å². The normalized spacial score (nSPS) is 13.1. The van der Waals surface area contributed by atoms with Crippen molar-refractivity contribution in [1.29, 1.82) is 0 Å². The lowest BCUT2D eigenvalue weighted by atomic mass is 10.2. The average molecular weight is 455 g/mol. The standard InChI is InChI=1S/C15H25N3O3S.HI/c1-4-16-15(18-12(2)9-10-22(3,20)21)17-11-13-5-7-14(19)8-6-13;/h5-8,12,19H,4,9-11H2,1-3H3,(H2,16,17,18);1H. The molecule has 0 fully saturated rings. The molecule has 0 aliphatic heterocycles. The van der Waals surface area contributed by atoms with Gasteiger partial charge in [0.15, 0.2) is 5.96 Å². The molecule has 0 saturated heterocycles. The van der Waals surface area contributed by atoms with E-state index in [4.69, 9.17) is 0 Å². The summed E-state index contributed by atoms with van der Waals surface area (Å²) < 4.78 is 22.4. The van der Waals surface area contributed by atoms with Gasteiger partial charge in [0.25, 0.3) is 0 Å². The first-order valence-electron chi connectivity index (χ1n) is 7.30. The third-order valence-electron chi connectivity index (χ3n) is 3.01. The summed E-state index contributed by atoms with van der Waals surface area (Å²) in [5.74, 6) is 1.03. The molecule has 3 N–H and O–H groups in total. The summed E-state index contributed by atoms with van der Waals surface area (Å²) in [6, 6.07) is 6.89. The second-order valence-corrected chi connectivity index (χ2v) is 7.59. The Kier molecular flexibility index (Phi) is 10.2. The van der Waals surface area contributed by atoms with Crippen LogP contribution in [-0.2, 0) is 16.4 Å². The molecule has 1 unspecified atom stereocenters. The summed E-state index contributed by atoms with van der Waals surface area (Å²) in [4.78, 5) is 4.46. The zero-order valence-corrected chi connectivity index (χ0v) is 16.9. The topological polar surface area (TPSA) is 90.8 Å². The summed E-state index contributed by atoms with van der Waals surface area (Å²) >= 11 is 0. The highest BCUT2D eigenvalue weighted by atomic mass is 127. The first-order chi connectivity index (χ1) is 10.3. The van der Waals surface area contributed by atoms with Crippen molar-refractivity contribution in [3.8, 4) is 5.75 Å². The smallest absolute Gasteiger partial charge is 0.191 e. The molecule has 0 aromatic heterocycles. The zero-order chi connectivity index (χ0) is 16.6. The number of hydrogen-bond donors (Lipinski definition) is 3. The fraction of sp³-hybridized carbons (Fsp3) is 0.533. The molecule has 0 spiro atoms. The van der Waals surface area contributed by atoms with Gasteiger partial charge in [-0.1, -0.05) is 12.1 Å². The number of phenolic OH excluding ortho intramolecular Hbond substituents is 1. The quantitative estimate of drug-likeness (QED) is 0.332. The maximum Gasteiger partial charge on any atom is 0.191 e. The Morgan fingerprint density at radius 1 is 1.30 bits per heavy atom. The highest BCUT2D eigenvalue weighted by molar-refractivity contribution is 14.0. The SMILES string of the molecule is CCNC(=NCc1ccc(O)cc1)NC(C)CCS(C)(=O)=O.I. The van der Waals surface area contributed by atoms with Crippen molar-refractivity contribution in [1.82, 2.24) is 10.6 Å². The van der Waals surface area contributed by atoms with Crippen LogP contribution in [0.4, 0.5) is 0 Å². The second-order valence-electron chi connectivity index (χ2n) is 5.33. The van der Waals surface area contributed by atoms with Crippen LogP contribution < -0.4 is 10.6 Å². The lowest BCUT2D eigenvalue weighted by molar-refractivity contribution is 0.475. The van der Waals surface area contributed by atoms with Crippen molar-refractivity contribution in [2.24, 2.45) is 4.99 Å². The summed E-state index contributed by atoms with van der Waals surface area (Å²) in [6.07, 6.45) is 1.77. The number of rotatable bonds is 7. The molecule has 1 atom stereocenters. The van der Waals surface area contributed by atoms with Crippen LogP contribution in [0.2, 0.25) is 0 Å². The highest BCUT2D eigenvalue weighted by Gasteiger charge is 2.09. The van der Waals surface area contributed by atoms with Crippen molar-refractivity contribution in [2.45, 2.75) is 32.9 Å². The Bertz CT molecular complexity index is 588. The van der Waals surface area contributed by atoms with Gasteiger partial charge in [-0.3, -0.25) is 0 Å². The number of aromatic hydroxyl groups is 1. The van der Waals surface area contributed by atoms with E-state index in [-0.39, 0.29) is 41.5 Å². The van der Waals surface area contributed by atoms with E-state index in [1.165, 1.54) is 6.26 Å². The van der Waals surface area contributed by atoms with Gasteiger partial charge in [-0.2, -0.15) is 0 Å². The first-order valence-corrected chi connectivity index (χ1v) is 9.36. The summed E-state index contributed by atoms with van der Waals surface area (Å²) in [5, 5.41) is 15.6. The van der Waals surface area contributed by atoms with E-state index in [2.05, 4.69) is 15.6 Å². The van der Waals surface area contributed by atoms with Crippen LogP contribution in [0.25, 0.3) is 0 Å². The number of benzene rings is 1. The molecule has 6 nitrogen and oxygen atoms in total. The van der Waals surface area contributed by atoms with Crippen molar-refractivity contribution in [2.75, 3.05) is 18.6 Å². The molecule has 1 rings (SSSR count). The molecular weight excluding hydrogens is 429 g/mol. The van der Waals surface area contributed by atoms with Gasteiger partial charge in [0.2, 0.25) is 0 Å². The molecule has 0 bridgehead atoms. The molecule has 132 valence electrons. The maximum atomic E-state index is 11.2. The van der Waals surface area contributed by atoms with Crippen LogP contribution in [-0.4, -0.2) is 44.1 Å². The first kappa shape index (κ1) is 22.0. The molecule has 0 radical (unpaired) electrons. The summed E-state index contributed by atoms with van der Waals surface area (Å²) in [7, 11) is -2.95. The van der Waals surface area contributed by atoms with E-state index >= 15 is 0 Å². The van der Waals surface area contributed by atoms with Gasteiger partial charge in [-0.05, 0) is 38.0 Å². The van der Waals surface area contributed by atoms with Crippen molar-refractivity contribution >= 4 is 39.8 Å². The van der Waals surface area contributed by atoms with Gasteiger partial charge >= 0.3 is 0 Å².